The summed E-state index contributed by atoms with van der Waals surface area (Å²) in [6.07, 6.45) is 6.62. The molecule has 3 aliphatic carbocycles. The Bertz CT molecular complexity index is 315. The van der Waals surface area contributed by atoms with Crippen LogP contribution in [0.1, 0.15) is 46.0 Å². The van der Waals surface area contributed by atoms with E-state index in [9.17, 15) is 4.79 Å². The summed E-state index contributed by atoms with van der Waals surface area (Å²) in [7, 11) is 0. The molecule has 3 fully saturated rings. The molecule has 0 aromatic heterocycles. The zero-order valence-electron chi connectivity index (χ0n) is 10.8. The van der Waals surface area contributed by atoms with Gasteiger partial charge >= 0.3 is 6.09 Å². The molecule has 0 aromatic rings. The Hall–Kier alpha value is -0.730. The molecule has 3 heteroatoms. The molecule has 0 aromatic carbocycles. The predicted octanol–water partition coefficient (Wildman–Crippen LogP) is 2.95. The van der Waals surface area contributed by atoms with Gasteiger partial charge in [0.05, 0.1) is 0 Å². The summed E-state index contributed by atoms with van der Waals surface area (Å²) in [4.78, 5) is 11.6. The third-order valence-corrected chi connectivity index (χ3v) is 5.03. The number of ether oxygens (including phenoxy) is 1. The zero-order chi connectivity index (χ0) is 12.0. The number of carbonyl (C=O) groups is 1. The van der Waals surface area contributed by atoms with E-state index in [1.807, 2.05) is 13.8 Å². The van der Waals surface area contributed by atoms with E-state index >= 15 is 0 Å². The van der Waals surface area contributed by atoms with E-state index in [0.717, 1.165) is 24.2 Å². The highest BCUT2D eigenvalue weighted by atomic mass is 16.6. The average molecular weight is 237 g/mol. The van der Waals surface area contributed by atoms with Gasteiger partial charge in [-0.1, -0.05) is 6.42 Å². The molecule has 2 bridgehead atoms. The molecule has 96 valence electrons. The topological polar surface area (TPSA) is 38.3 Å². The minimum Gasteiger partial charge on any atom is -0.446 e. The monoisotopic (exact) mass is 237 g/mol. The van der Waals surface area contributed by atoms with E-state index in [0.29, 0.717) is 5.92 Å². The molecular formula is C14H23NO2. The van der Waals surface area contributed by atoms with Crippen LogP contribution in [0.5, 0.6) is 0 Å². The third kappa shape index (κ3) is 1.94. The van der Waals surface area contributed by atoms with Crippen LogP contribution in [-0.4, -0.2) is 18.2 Å². The second-order valence-corrected chi connectivity index (χ2v) is 6.40. The van der Waals surface area contributed by atoms with Crippen molar-refractivity contribution in [2.75, 3.05) is 0 Å². The van der Waals surface area contributed by atoms with Crippen LogP contribution in [0.25, 0.3) is 0 Å². The van der Waals surface area contributed by atoms with Crippen molar-refractivity contribution in [2.45, 2.75) is 58.1 Å². The van der Waals surface area contributed by atoms with Crippen LogP contribution in [0.3, 0.4) is 0 Å². The Morgan fingerprint density at radius 3 is 2.71 bits per heavy atom. The quantitative estimate of drug-likeness (QED) is 0.802. The van der Waals surface area contributed by atoms with Crippen LogP contribution in [0, 0.1) is 23.7 Å². The first-order valence-electron chi connectivity index (χ1n) is 7.12. The SMILES string of the molecule is CC(C)NC(=O)O[C@@H]1C[C@H]2C[C@@H]1[C@H]1CCC[C@H]21. The standard InChI is InChI=1S/C14H23NO2/c1-8(2)15-14(16)17-13-7-9-6-12(13)11-5-3-4-10(9)11/h8-13H,3-7H2,1-2H3,(H,15,16)/t9-,10-,11+,12-,13-/m1/s1. The van der Waals surface area contributed by atoms with Gasteiger partial charge in [-0.15, -0.1) is 0 Å². The highest BCUT2D eigenvalue weighted by Gasteiger charge is 2.55. The number of carbonyl (C=O) groups excluding carboxylic acids is 1. The van der Waals surface area contributed by atoms with Crippen molar-refractivity contribution in [1.82, 2.24) is 5.32 Å². The lowest BCUT2D eigenvalue weighted by Crippen LogP contribution is -2.38. The molecule has 1 N–H and O–H groups in total. The maximum atomic E-state index is 11.6. The maximum absolute atomic E-state index is 11.6. The van der Waals surface area contributed by atoms with Gasteiger partial charge in [0.25, 0.3) is 0 Å². The average Bonchev–Trinajstić information content (AvgIpc) is 2.83. The van der Waals surface area contributed by atoms with Gasteiger partial charge in [-0.05, 0) is 63.2 Å². The van der Waals surface area contributed by atoms with Crippen LogP contribution in [0.15, 0.2) is 0 Å². The summed E-state index contributed by atoms with van der Waals surface area (Å²) >= 11 is 0. The van der Waals surface area contributed by atoms with Crippen molar-refractivity contribution in [3.05, 3.63) is 0 Å². The Morgan fingerprint density at radius 2 is 1.94 bits per heavy atom. The summed E-state index contributed by atoms with van der Waals surface area (Å²) in [6.45, 7) is 3.93. The van der Waals surface area contributed by atoms with Gasteiger partial charge in [-0.2, -0.15) is 0 Å². The molecule has 3 saturated carbocycles. The smallest absolute Gasteiger partial charge is 0.407 e. The maximum Gasteiger partial charge on any atom is 0.407 e. The molecule has 17 heavy (non-hydrogen) atoms. The highest BCUT2D eigenvalue weighted by Crippen LogP contribution is 2.59. The summed E-state index contributed by atoms with van der Waals surface area (Å²) in [5.74, 6) is 3.35. The van der Waals surface area contributed by atoms with Crippen LogP contribution in [0.2, 0.25) is 0 Å². The molecule has 0 radical (unpaired) electrons. The van der Waals surface area contributed by atoms with Crippen molar-refractivity contribution < 1.29 is 9.53 Å². The number of fused-ring (bicyclic) bond motifs is 5. The normalized spacial score (nSPS) is 42.9. The molecule has 0 heterocycles. The lowest BCUT2D eigenvalue weighted by Gasteiger charge is -2.31. The summed E-state index contributed by atoms with van der Waals surface area (Å²) in [6, 6.07) is 0.167. The Labute approximate surface area is 103 Å². The molecule has 3 nitrogen and oxygen atoms in total. The van der Waals surface area contributed by atoms with E-state index in [4.69, 9.17) is 4.74 Å². The van der Waals surface area contributed by atoms with Crippen LogP contribution >= 0.6 is 0 Å². The summed E-state index contributed by atoms with van der Waals surface area (Å²) in [5.41, 5.74) is 0. The fraction of sp³-hybridized carbons (Fsp3) is 0.929. The third-order valence-electron chi connectivity index (χ3n) is 5.03. The van der Waals surface area contributed by atoms with Crippen molar-refractivity contribution >= 4 is 6.09 Å². The van der Waals surface area contributed by atoms with Gasteiger partial charge < -0.3 is 10.1 Å². The minimum atomic E-state index is -0.216. The number of rotatable bonds is 2. The van der Waals surface area contributed by atoms with Crippen molar-refractivity contribution in [1.29, 1.82) is 0 Å². The molecular weight excluding hydrogens is 214 g/mol. The fourth-order valence-electron chi connectivity index (χ4n) is 4.55. The van der Waals surface area contributed by atoms with E-state index in [2.05, 4.69) is 5.32 Å². The number of hydrogen-bond donors (Lipinski definition) is 1. The Morgan fingerprint density at radius 1 is 1.18 bits per heavy atom. The van der Waals surface area contributed by atoms with Crippen LogP contribution in [0.4, 0.5) is 4.79 Å². The van der Waals surface area contributed by atoms with Crippen molar-refractivity contribution in [3.63, 3.8) is 0 Å². The van der Waals surface area contributed by atoms with Gasteiger partial charge in [0, 0.05) is 6.04 Å². The fourth-order valence-corrected chi connectivity index (χ4v) is 4.55. The first kappa shape index (κ1) is 11.4. The zero-order valence-corrected chi connectivity index (χ0v) is 10.8. The van der Waals surface area contributed by atoms with Crippen molar-refractivity contribution in [2.24, 2.45) is 23.7 Å². The number of hydrogen-bond acceptors (Lipinski definition) is 2. The van der Waals surface area contributed by atoms with Crippen LogP contribution < -0.4 is 5.32 Å². The van der Waals surface area contributed by atoms with E-state index < -0.39 is 0 Å². The molecule has 0 saturated heterocycles. The molecule has 0 unspecified atom stereocenters. The molecule has 5 atom stereocenters. The van der Waals surface area contributed by atoms with E-state index in [1.54, 1.807) is 0 Å². The predicted molar refractivity (Wildman–Crippen MR) is 65.6 cm³/mol. The van der Waals surface area contributed by atoms with Gasteiger partial charge in [-0.25, -0.2) is 4.79 Å². The van der Waals surface area contributed by atoms with E-state index in [1.165, 1.54) is 25.7 Å². The molecule has 0 aliphatic heterocycles. The van der Waals surface area contributed by atoms with E-state index in [-0.39, 0.29) is 18.2 Å². The minimum absolute atomic E-state index is 0.167. The van der Waals surface area contributed by atoms with Gasteiger partial charge in [-0.3, -0.25) is 0 Å². The lowest BCUT2D eigenvalue weighted by atomic mass is 9.80. The summed E-state index contributed by atoms with van der Waals surface area (Å²) < 4.78 is 5.61. The highest BCUT2D eigenvalue weighted by molar-refractivity contribution is 5.67. The first-order valence-corrected chi connectivity index (χ1v) is 7.12. The number of alkyl carbamates (subject to hydrolysis) is 1. The lowest BCUT2D eigenvalue weighted by molar-refractivity contribution is 0.0342. The Balaban J connectivity index is 1.58. The molecule has 3 aliphatic rings. The largest absolute Gasteiger partial charge is 0.446 e. The van der Waals surface area contributed by atoms with Crippen molar-refractivity contribution in [3.8, 4) is 0 Å². The first-order chi connectivity index (χ1) is 8.15. The molecule has 3 rings (SSSR count). The van der Waals surface area contributed by atoms with Crippen LogP contribution in [-0.2, 0) is 4.74 Å². The summed E-state index contributed by atoms with van der Waals surface area (Å²) in [5, 5.41) is 2.83. The molecule has 0 spiro atoms. The van der Waals surface area contributed by atoms with Gasteiger partial charge in [0.1, 0.15) is 6.10 Å². The number of amides is 1. The Kier molecular flexibility index (Phi) is 2.80. The number of nitrogens with one attached hydrogen (secondary N) is 1. The molecule has 1 amide bonds. The second kappa shape index (κ2) is 4.18. The van der Waals surface area contributed by atoms with Gasteiger partial charge in [0.2, 0.25) is 0 Å². The van der Waals surface area contributed by atoms with Gasteiger partial charge in [0.15, 0.2) is 0 Å². The second-order valence-electron chi connectivity index (χ2n) is 6.40.